The van der Waals surface area contributed by atoms with E-state index in [1.807, 2.05) is 31.2 Å². The van der Waals surface area contributed by atoms with Crippen molar-refractivity contribution in [3.05, 3.63) is 57.5 Å². The minimum Gasteiger partial charge on any atom is -0.482 e. The zero-order valence-corrected chi connectivity index (χ0v) is 19.5. The van der Waals surface area contributed by atoms with Crippen LogP contribution in [0.25, 0.3) is 0 Å². The second kappa shape index (κ2) is 10.1. The summed E-state index contributed by atoms with van der Waals surface area (Å²) in [6, 6.07) is 11.7. The van der Waals surface area contributed by atoms with Gasteiger partial charge in [0.25, 0.3) is 5.91 Å². The number of benzene rings is 2. The molecule has 7 nitrogen and oxygen atoms in total. The second-order valence-corrected chi connectivity index (χ2v) is 10.00. The predicted molar refractivity (Wildman–Crippen MR) is 117 cm³/mol. The molecule has 1 fully saturated rings. The van der Waals surface area contributed by atoms with Gasteiger partial charge < -0.3 is 14.8 Å². The number of ether oxygens (including phenoxy) is 2. The maximum atomic E-state index is 13.0. The number of carbonyl (C=O) groups excluding carboxylic acids is 1. The fourth-order valence-corrected chi connectivity index (χ4v) is 5.06. The van der Waals surface area contributed by atoms with Crippen LogP contribution in [-0.4, -0.2) is 51.5 Å². The van der Waals surface area contributed by atoms with E-state index >= 15 is 0 Å². The topological polar surface area (TPSA) is 84.9 Å². The zero-order valence-electron chi connectivity index (χ0n) is 16.3. The molecule has 1 N–H and O–H groups in total. The molecule has 0 bridgehead atoms. The highest BCUT2D eigenvalue weighted by molar-refractivity contribution is 9.10. The molecule has 1 amide bonds. The first-order chi connectivity index (χ1) is 14.3. The van der Waals surface area contributed by atoms with E-state index in [2.05, 4.69) is 21.2 Å². The van der Waals surface area contributed by atoms with Crippen LogP contribution in [0.1, 0.15) is 18.5 Å². The lowest BCUT2D eigenvalue weighted by Gasteiger charge is -2.27. The molecule has 162 valence electrons. The molecular formula is C20H22BrClN2O5S. The molecule has 1 atom stereocenters. The lowest BCUT2D eigenvalue weighted by Crippen LogP contribution is -2.40. The molecule has 1 aliphatic rings. The molecular weight excluding hydrogens is 496 g/mol. The van der Waals surface area contributed by atoms with Crippen molar-refractivity contribution in [1.82, 2.24) is 9.62 Å². The quantitative estimate of drug-likeness (QED) is 0.609. The molecule has 1 heterocycles. The van der Waals surface area contributed by atoms with Gasteiger partial charge in [-0.15, -0.1) is 0 Å². The van der Waals surface area contributed by atoms with Crippen LogP contribution in [-0.2, 0) is 19.6 Å². The maximum absolute atomic E-state index is 13.0. The highest BCUT2D eigenvalue weighted by Gasteiger charge is 2.29. The largest absolute Gasteiger partial charge is 0.482 e. The lowest BCUT2D eigenvalue weighted by atomic mass is 10.1. The third kappa shape index (κ3) is 5.73. The number of rotatable bonds is 7. The van der Waals surface area contributed by atoms with Crippen molar-refractivity contribution >= 4 is 43.5 Å². The van der Waals surface area contributed by atoms with Gasteiger partial charge in [-0.3, -0.25) is 4.79 Å². The lowest BCUT2D eigenvalue weighted by molar-refractivity contribution is -0.123. The number of amides is 1. The number of halogens is 2. The predicted octanol–water partition coefficient (Wildman–Crippen LogP) is 3.38. The molecule has 30 heavy (non-hydrogen) atoms. The van der Waals surface area contributed by atoms with E-state index in [4.69, 9.17) is 21.1 Å². The van der Waals surface area contributed by atoms with Gasteiger partial charge in [-0.1, -0.05) is 39.7 Å². The number of hydrogen-bond donors (Lipinski definition) is 1. The summed E-state index contributed by atoms with van der Waals surface area (Å²) in [6.45, 7) is 2.68. The second-order valence-electron chi connectivity index (χ2n) is 6.74. The average molecular weight is 518 g/mol. The SMILES string of the molecule is C[C@@H](NC(=O)COc1ccc(Cl)cc1S(=O)(=O)N1CCOCC1)c1ccc(Br)cc1. The highest BCUT2D eigenvalue weighted by Crippen LogP contribution is 2.30. The monoisotopic (exact) mass is 516 g/mol. The Morgan fingerprint density at radius 1 is 1.23 bits per heavy atom. The number of nitrogens with zero attached hydrogens (tertiary/aromatic N) is 1. The molecule has 2 aromatic carbocycles. The molecule has 1 aliphatic heterocycles. The normalized spacial score (nSPS) is 16.1. The van der Waals surface area contributed by atoms with E-state index in [1.165, 1.54) is 22.5 Å². The van der Waals surface area contributed by atoms with Crippen LogP contribution in [0.15, 0.2) is 51.8 Å². The van der Waals surface area contributed by atoms with Crippen LogP contribution >= 0.6 is 27.5 Å². The van der Waals surface area contributed by atoms with Crippen molar-refractivity contribution in [2.75, 3.05) is 32.9 Å². The van der Waals surface area contributed by atoms with E-state index in [0.29, 0.717) is 13.2 Å². The summed E-state index contributed by atoms with van der Waals surface area (Å²) in [6.07, 6.45) is 0. The Bertz CT molecular complexity index is 995. The van der Waals surface area contributed by atoms with Gasteiger partial charge in [0.1, 0.15) is 10.6 Å². The van der Waals surface area contributed by atoms with E-state index in [1.54, 1.807) is 0 Å². The van der Waals surface area contributed by atoms with Gasteiger partial charge in [-0.05, 0) is 42.8 Å². The summed E-state index contributed by atoms with van der Waals surface area (Å²) in [5.74, 6) is -0.285. The number of sulfonamides is 1. The smallest absolute Gasteiger partial charge is 0.258 e. The Labute approximate surface area is 189 Å². The van der Waals surface area contributed by atoms with Crippen LogP contribution in [0.4, 0.5) is 0 Å². The van der Waals surface area contributed by atoms with Crippen LogP contribution in [0.3, 0.4) is 0 Å². The third-order valence-electron chi connectivity index (χ3n) is 4.60. The molecule has 0 saturated carbocycles. The summed E-state index contributed by atoms with van der Waals surface area (Å²) in [5, 5.41) is 3.10. The molecule has 0 aliphatic carbocycles. The fourth-order valence-electron chi connectivity index (χ4n) is 2.99. The Balaban J connectivity index is 1.69. The van der Waals surface area contributed by atoms with Gasteiger partial charge in [0, 0.05) is 22.6 Å². The Hall–Kier alpha value is -1.65. The van der Waals surface area contributed by atoms with E-state index < -0.39 is 10.0 Å². The van der Waals surface area contributed by atoms with Gasteiger partial charge >= 0.3 is 0 Å². The third-order valence-corrected chi connectivity index (χ3v) is 7.28. The van der Waals surface area contributed by atoms with Gasteiger partial charge in [0.05, 0.1) is 19.3 Å². The van der Waals surface area contributed by atoms with Crippen LogP contribution in [0.5, 0.6) is 5.75 Å². The average Bonchev–Trinajstić information content (AvgIpc) is 2.74. The number of morpholine rings is 1. The molecule has 0 spiro atoms. The first kappa shape index (κ1) is 23.0. The Kier molecular flexibility index (Phi) is 7.75. The van der Waals surface area contributed by atoms with Crippen molar-refractivity contribution in [3.8, 4) is 5.75 Å². The number of carbonyl (C=O) groups is 1. The van der Waals surface area contributed by atoms with Crippen LogP contribution in [0.2, 0.25) is 5.02 Å². The molecule has 10 heteroatoms. The first-order valence-electron chi connectivity index (χ1n) is 9.32. The maximum Gasteiger partial charge on any atom is 0.258 e. The molecule has 1 saturated heterocycles. The molecule has 2 aromatic rings. The first-order valence-corrected chi connectivity index (χ1v) is 11.9. The van der Waals surface area contributed by atoms with Gasteiger partial charge in [0.2, 0.25) is 10.0 Å². The van der Waals surface area contributed by atoms with Gasteiger partial charge in [-0.25, -0.2) is 8.42 Å². The molecule has 0 aromatic heterocycles. The van der Waals surface area contributed by atoms with Gasteiger partial charge in [-0.2, -0.15) is 4.31 Å². The molecule has 0 unspecified atom stereocenters. The van der Waals surface area contributed by atoms with Crippen LogP contribution in [0, 0.1) is 0 Å². The zero-order chi connectivity index (χ0) is 21.7. The number of nitrogens with one attached hydrogen (secondary N) is 1. The standard InChI is InChI=1S/C20H22BrClN2O5S/c1-14(15-2-4-16(21)5-3-15)23-20(25)13-29-18-7-6-17(22)12-19(18)30(26,27)24-8-10-28-11-9-24/h2-7,12,14H,8-11,13H2,1H3,(H,23,25)/t14-/m1/s1. The summed E-state index contributed by atoms with van der Waals surface area (Å²) in [4.78, 5) is 12.3. The van der Waals surface area contributed by atoms with Crippen molar-refractivity contribution in [2.45, 2.75) is 17.9 Å². The molecule has 0 radical (unpaired) electrons. The summed E-state index contributed by atoms with van der Waals surface area (Å²) < 4.78 is 39.1. The number of hydrogen-bond acceptors (Lipinski definition) is 5. The Morgan fingerprint density at radius 2 is 1.90 bits per heavy atom. The van der Waals surface area contributed by atoms with Gasteiger partial charge in [0.15, 0.2) is 6.61 Å². The van der Waals surface area contributed by atoms with Crippen LogP contribution < -0.4 is 10.1 Å². The van der Waals surface area contributed by atoms with E-state index in [0.717, 1.165) is 10.0 Å². The molecule has 3 rings (SSSR count). The van der Waals surface area contributed by atoms with E-state index in [9.17, 15) is 13.2 Å². The minimum absolute atomic E-state index is 0.0642. The fraction of sp³-hybridized carbons (Fsp3) is 0.350. The van der Waals surface area contributed by atoms with E-state index in [-0.39, 0.29) is 47.3 Å². The summed E-state index contributed by atoms with van der Waals surface area (Å²) in [5.41, 5.74) is 0.939. The summed E-state index contributed by atoms with van der Waals surface area (Å²) in [7, 11) is -3.83. The van der Waals surface area contributed by atoms with Crippen molar-refractivity contribution in [1.29, 1.82) is 0 Å². The van der Waals surface area contributed by atoms with Crippen molar-refractivity contribution < 1.29 is 22.7 Å². The summed E-state index contributed by atoms with van der Waals surface area (Å²) >= 11 is 9.40. The van der Waals surface area contributed by atoms with Crippen molar-refractivity contribution in [3.63, 3.8) is 0 Å². The van der Waals surface area contributed by atoms with Crippen molar-refractivity contribution in [2.24, 2.45) is 0 Å². The minimum atomic E-state index is -3.83. The highest BCUT2D eigenvalue weighted by atomic mass is 79.9. The Morgan fingerprint density at radius 3 is 2.57 bits per heavy atom.